The molecule has 142 valence electrons. The molecular formula is C21H23N7. The van der Waals surface area contributed by atoms with E-state index in [1.54, 1.807) is 24.7 Å². The van der Waals surface area contributed by atoms with Gasteiger partial charge in [0.15, 0.2) is 0 Å². The van der Waals surface area contributed by atoms with Crippen molar-refractivity contribution in [2.24, 2.45) is 5.92 Å². The van der Waals surface area contributed by atoms with Crippen molar-refractivity contribution in [3.05, 3.63) is 61.3 Å². The van der Waals surface area contributed by atoms with Gasteiger partial charge >= 0.3 is 0 Å². The average Bonchev–Trinajstić information content (AvgIpc) is 3.47. The third kappa shape index (κ3) is 3.93. The Morgan fingerprint density at radius 2 is 2.04 bits per heavy atom. The molecular weight excluding hydrogens is 350 g/mol. The molecule has 0 radical (unpaired) electrons. The van der Waals surface area contributed by atoms with Crippen LogP contribution in [-0.2, 0) is 0 Å². The Kier molecular flexibility index (Phi) is 4.89. The minimum Gasteiger partial charge on any atom is -0.383 e. The zero-order valence-electron chi connectivity index (χ0n) is 15.8. The van der Waals surface area contributed by atoms with Crippen LogP contribution in [0.25, 0.3) is 16.8 Å². The van der Waals surface area contributed by atoms with Gasteiger partial charge < -0.3 is 16.4 Å². The first-order valence-electron chi connectivity index (χ1n) is 9.35. The number of nitrogens with one attached hydrogen (secondary N) is 2. The fourth-order valence-electron chi connectivity index (χ4n) is 3.23. The van der Waals surface area contributed by atoms with E-state index in [1.807, 2.05) is 18.2 Å². The van der Waals surface area contributed by atoms with Crippen molar-refractivity contribution in [3.8, 4) is 11.1 Å². The summed E-state index contributed by atoms with van der Waals surface area (Å²) in [6.45, 7) is 6.38. The molecule has 7 heteroatoms. The highest BCUT2D eigenvalue weighted by Crippen LogP contribution is 2.35. The highest BCUT2D eigenvalue weighted by molar-refractivity contribution is 5.77. The Morgan fingerprint density at radius 3 is 2.79 bits per heavy atom. The van der Waals surface area contributed by atoms with Gasteiger partial charge in [0, 0.05) is 41.5 Å². The maximum absolute atomic E-state index is 6.11. The molecule has 4 rings (SSSR count). The number of nitrogens with zero attached hydrogens (tertiary/aromatic N) is 4. The lowest BCUT2D eigenvalue weighted by Gasteiger charge is -2.13. The number of nitrogens with two attached hydrogens (primary N) is 1. The summed E-state index contributed by atoms with van der Waals surface area (Å²) in [6.07, 6.45) is 9.05. The van der Waals surface area contributed by atoms with Gasteiger partial charge in [0.2, 0.25) is 0 Å². The van der Waals surface area contributed by atoms with E-state index in [0.717, 1.165) is 28.3 Å². The van der Waals surface area contributed by atoms with E-state index in [1.165, 1.54) is 19.2 Å². The van der Waals surface area contributed by atoms with Crippen LogP contribution in [0.15, 0.2) is 55.8 Å². The van der Waals surface area contributed by atoms with E-state index in [-0.39, 0.29) is 0 Å². The number of anilines is 3. The minimum absolute atomic E-state index is 0.475. The predicted molar refractivity (Wildman–Crippen MR) is 112 cm³/mol. The summed E-state index contributed by atoms with van der Waals surface area (Å²) >= 11 is 0. The first-order chi connectivity index (χ1) is 13.6. The average molecular weight is 373 g/mol. The van der Waals surface area contributed by atoms with E-state index >= 15 is 0 Å². The summed E-state index contributed by atoms with van der Waals surface area (Å²) in [5, 5.41) is 6.65. The standard InChI is InChI=1S/C21H23N7/c1-3-14-9-18(14)27-13(2)17-8-16(11-25-21(17)22)15-4-7-24-20(10-15)28-19-5-6-23-12-26-19/h4-8,10-12,14,18,27H,2-3,9H2,1H3,(H2,22,25)(H,23,24,26,28). The van der Waals surface area contributed by atoms with Gasteiger partial charge in [0.25, 0.3) is 0 Å². The SMILES string of the molecule is C=C(NC1CC1CC)c1cc(-c2ccnc(Nc3ccncn3)c2)cnc1N. The van der Waals surface area contributed by atoms with Gasteiger partial charge in [-0.25, -0.2) is 19.9 Å². The molecule has 28 heavy (non-hydrogen) atoms. The molecule has 2 atom stereocenters. The van der Waals surface area contributed by atoms with Crippen molar-refractivity contribution >= 4 is 23.2 Å². The summed E-state index contributed by atoms with van der Waals surface area (Å²) in [5.41, 5.74) is 9.69. The van der Waals surface area contributed by atoms with Crippen LogP contribution in [-0.4, -0.2) is 26.0 Å². The molecule has 1 aliphatic rings. The molecule has 0 aromatic carbocycles. The zero-order valence-corrected chi connectivity index (χ0v) is 15.8. The molecule has 0 saturated heterocycles. The Morgan fingerprint density at radius 1 is 1.14 bits per heavy atom. The first kappa shape index (κ1) is 17.9. The predicted octanol–water partition coefficient (Wildman–Crippen LogP) is 3.62. The summed E-state index contributed by atoms with van der Waals surface area (Å²) in [6, 6.07) is 8.18. The zero-order chi connectivity index (χ0) is 19.5. The van der Waals surface area contributed by atoms with Crippen molar-refractivity contribution in [3.63, 3.8) is 0 Å². The van der Waals surface area contributed by atoms with Crippen molar-refractivity contribution in [2.75, 3.05) is 11.1 Å². The van der Waals surface area contributed by atoms with Crippen molar-refractivity contribution in [2.45, 2.75) is 25.8 Å². The van der Waals surface area contributed by atoms with Crippen molar-refractivity contribution < 1.29 is 0 Å². The summed E-state index contributed by atoms with van der Waals surface area (Å²) in [7, 11) is 0. The molecule has 0 amide bonds. The summed E-state index contributed by atoms with van der Waals surface area (Å²) in [4.78, 5) is 16.8. The number of rotatable bonds is 7. The maximum Gasteiger partial charge on any atom is 0.134 e. The topological polar surface area (TPSA) is 102 Å². The van der Waals surface area contributed by atoms with Gasteiger partial charge in [-0.15, -0.1) is 0 Å². The van der Waals surface area contributed by atoms with Gasteiger partial charge in [-0.3, -0.25) is 0 Å². The molecule has 0 spiro atoms. The molecule has 7 nitrogen and oxygen atoms in total. The van der Waals surface area contributed by atoms with E-state index in [9.17, 15) is 0 Å². The van der Waals surface area contributed by atoms with Gasteiger partial charge in [-0.2, -0.15) is 0 Å². The number of hydrogen-bond donors (Lipinski definition) is 3. The van der Waals surface area contributed by atoms with Crippen LogP contribution in [0.5, 0.6) is 0 Å². The first-order valence-corrected chi connectivity index (χ1v) is 9.35. The van der Waals surface area contributed by atoms with E-state index in [4.69, 9.17) is 5.73 Å². The molecule has 1 aliphatic carbocycles. The summed E-state index contributed by atoms with van der Waals surface area (Å²) < 4.78 is 0. The van der Waals surface area contributed by atoms with E-state index in [0.29, 0.717) is 23.5 Å². The molecule has 3 aromatic rings. The molecule has 1 saturated carbocycles. The number of pyridine rings is 2. The van der Waals surface area contributed by atoms with Crippen LogP contribution < -0.4 is 16.4 Å². The molecule has 1 fully saturated rings. The van der Waals surface area contributed by atoms with Crippen LogP contribution in [0.3, 0.4) is 0 Å². The quantitative estimate of drug-likeness (QED) is 0.581. The largest absolute Gasteiger partial charge is 0.383 e. The number of hydrogen-bond acceptors (Lipinski definition) is 7. The monoisotopic (exact) mass is 373 g/mol. The highest BCUT2D eigenvalue weighted by atomic mass is 15.1. The van der Waals surface area contributed by atoms with E-state index < -0.39 is 0 Å². The minimum atomic E-state index is 0.475. The Balaban J connectivity index is 1.56. The van der Waals surface area contributed by atoms with Crippen molar-refractivity contribution in [1.29, 1.82) is 0 Å². The normalized spacial score (nSPS) is 17.8. The Bertz CT molecular complexity index is 987. The second-order valence-electron chi connectivity index (χ2n) is 6.94. The molecule has 4 N–H and O–H groups in total. The molecule has 2 unspecified atom stereocenters. The van der Waals surface area contributed by atoms with Crippen LogP contribution in [0.2, 0.25) is 0 Å². The second kappa shape index (κ2) is 7.64. The smallest absolute Gasteiger partial charge is 0.134 e. The molecule has 0 aliphatic heterocycles. The van der Waals surface area contributed by atoms with Crippen LogP contribution in [0.4, 0.5) is 17.5 Å². The maximum atomic E-state index is 6.11. The Hall–Kier alpha value is -3.48. The van der Waals surface area contributed by atoms with Gasteiger partial charge in [-0.1, -0.05) is 19.9 Å². The molecule has 3 aromatic heterocycles. The third-order valence-corrected chi connectivity index (χ3v) is 4.98. The lowest BCUT2D eigenvalue weighted by atomic mass is 10.1. The Labute approximate surface area is 164 Å². The molecule has 0 bridgehead atoms. The highest BCUT2D eigenvalue weighted by Gasteiger charge is 2.35. The van der Waals surface area contributed by atoms with Gasteiger partial charge in [-0.05, 0) is 42.2 Å². The lowest BCUT2D eigenvalue weighted by Crippen LogP contribution is -2.17. The van der Waals surface area contributed by atoms with Crippen LogP contribution in [0, 0.1) is 5.92 Å². The van der Waals surface area contributed by atoms with Crippen LogP contribution >= 0.6 is 0 Å². The fraction of sp³-hybridized carbons (Fsp3) is 0.238. The lowest BCUT2D eigenvalue weighted by molar-refractivity contribution is 0.716. The number of nitrogen functional groups attached to an aromatic ring is 1. The van der Waals surface area contributed by atoms with Gasteiger partial charge in [0.05, 0.1) is 0 Å². The van der Waals surface area contributed by atoms with Gasteiger partial charge in [0.1, 0.15) is 23.8 Å². The van der Waals surface area contributed by atoms with E-state index in [2.05, 4.69) is 44.1 Å². The summed E-state index contributed by atoms with van der Waals surface area (Å²) in [5.74, 6) is 2.58. The van der Waals surface area contributed by atoms with Crippen LogP contribution in [0.1, 0.15) is 25.3 Å². The fourth-order valence-corrected chi connectivity index (χ4v) is 3.23. The number of aromatic nitrogens is 4. The molecule has 3 heterocycles. The van der Waals surface area contributed by atoms with Crippen molar-refractivity contribution in [1.82, 2.24) is 25.3 Å². The third-order valence-electron chi connectivity index (χ3n) is 4.98. The second-order valence-corrected chi connectivity index (χ2v) is 6.94.